The smallest absolute Gasteiger partial charge is 0.287 e. The molecule has 2 amide bonds. The maximum atomic E-state index is 12.5. The number of fused-ring (bicyclic) bond motifs is 1. The molecule has 0 spiro atoms. The first-order chi connectivity index (χ1) is 12.9. The molecular weight excluding hydrogens is 370 g/mol. The second-order valence-corrected chi connectivity index (χ2v) is 7.21. The lowest BCUT2D eigenvalue weighted by molar-refractivity contribution is -0.121. The number of hydrogen-bond acceptors (Lipinski definition) is 5. The van der Waals surface area contributed by atoms with Crippen molar-refractivity contribution in [2.45, 2.75) is 31.3 Å². The number of likely N-dealkylation sites (tertiary alicyclic amines) is 1. The van der Waals surface area contributed by atoms with E-state index in [2.05, 4.69) is 15.5 Å². The van der Waals surface area contributed by atoms with Crippen LogP contribution >= 0.6 is 11.6 Å². The summed E-state index contributed by atoms with van der Waals surface area (Å²) in [4.78, 5) is 26.3. The third-order valence-electron chi connectivity index (χ3n) is 5.17. The number of nitrogens with zero attached hydrogens (tertiary/aromatic N) is 1. The van der Waals surface area contributed by atoms with E-state index >= 15 is 0 Å². The first-order valence-electron chi connectivity index (χ1n) is 8.90. The van der Waals surface area contributed by atoms with E-state index in [1.54, 1.807) is 25.2 Å². The number of likely N-dealkylation sites (N-methyl/N-ethyl adjacent to an activating group) is 1. The van der Waals surface area contributed by atoms with Crippen molar-refractivity contribution in [1.29, 1.82) is 0 Å². The molecule has 2 N–H and O–H groups in total. The Morgan fingerprint density at radius 3 is 2.74 bits per heavy atom. The first kappa shape index (κ1) is 19.5. The summed E-state index contributed by atoms with van der Waals surface area (Å²) in [5, 5.41) is 6.81. The summed E-state index contributed by atoms with van der Waals surface area (Å²) in [5.74, 6) is 0.455. The highest BCUT2D eigenvalue weighted by atomic mass is 35.5. The molecule has 1 aliphatic rings. The molecule has 0 bridgehead atoms. The lowest BCUT2D eigenvalue weighted by atomic mass is 10.1. The lowest BCUT2D eigenvalue weighted by Crippen LogP contribution is -2.42. The fraction of sp³-hybridized carbons (Fsp3) is 0.474. The number of nitrogens with one attached hydrogen (secondary N) is 2. The number of ether oxygens (including phenoxy) is 1. The lowest BCUT2D eigenvalue weighted by Gasteiger charge is -2.25. The van der Waals surface area contributed by atoms with Crippen LogP contribution < -0.4 is 15.4 Å². The zero-order valence-electron chi connectivity index (χ0n) is 15.7. The largest absolute Gasteiger partial charge is 0.493 e. The number of carbonyl (C=O) groups excluding carboxylic acids is 2. The van der Waals surface area contributed by atoms with Gasteiger partial charge in [-0.05, 0) is 32.0 Å². The van der Waals surface area contributed by atoms with Gasteiger partial charge in [0.05, 0.1) is 7.11 Å². The fourth-order valence-electron chi connectivity index (χ4n) is 3.55. The highest BCUT2D eigenvalue weighted by Crippen LogP contribution is 2.32. The van der Waals surface area contributed by atoms with Crippen LogP contribution in [0.3, 0.4) is 0 Å². The van der Waals surface area contributed by atoms with Crippen molar-refractivity contribution in [2.24, 2.45) is 0 Å². The maximum Gasteiger partial charge on any atom is 0.287 e. The van der Waals surface area contributed by atoms with E-state index in [0.717, 1.165) is 12.8 Å². The van der Waals surface area contributed by atoms with Gasteiger partial charge in [0, 0.05) is 48.6 Å². The summed E-state index contributed by atoms with van der Waals surface area (Å²) in [5.41, 5.74) is 0.496. The van der Waals surface area contributed by atoms with Crippen LogP contribution in [0.25, 0.3) is 11.0 Å². The van der Waals surface area contributed by atoms with Crippen LogP contribution in [-0.4, -0.2) is 56.5 Å². The molecule has 1 aromatic heterocycles. The van der Waals surface area contributed by atoms with Crippen molar-refractivity contribution in [2.75, 3.05) is 27.7 Å². The van der Waals surface area contributed by atoms with Gasteiger partial charge in [-0.3, -0.25) is 14.5 Å². The zero-order chi connectivity index (χ0) is 19.6. The van der Waals surface area contributed by atoms with Gasteiger partial charge in [-0.25, -0.2) is 0 Å². The van der Waals surface area contributed by atoms with E-state index in [0.29, 0.717) is 34.7 Å². The van der Waals surface area contributed by atoms with Gasteiger partial charge >= 0.3 is 0 Å². The molecule has 1 fully saturated rings. The highest BCUT2D eigenvalue weighted by molar-refractivity contribution is 6.31. The second-order valence-electron chi connectivity index (χ2n) is 6.77. The number of methoxy groups -OCH3 is 1. The Bertz CT molecular complexity index is 851. The van der Waals surface area contributed by atoms with E-state index in [1.807, 2.05) is 7.05 Å². The number of furan rings is 1. The molecule has 3 rings (SSSR count). The highest BCUT2D eigenvalue weighted by Gasteiger charge is 2.31. The molecule has 0 aliphatic carbocycles. The average molecular weight is 394 g/mol. The summed E-state index contributed by atoms with van der Waals surface area (Å²) in [6.07, 6.45) is 2.34. The van der Waals surface area contributed by atoms with Gasteiger partial charge in [-0.1, -0.05) is 11.6 Å². The first-order valence-corrected chi connectivity index (χ1v) is 9.28. The topological polar surface area (TPSA) is 83.8 Å². The number of rotatable bonds is 6. The third-order valence-corrected chi connectivity index (χ3v) is 5.39. The predicted molar refractivity (Wildman–Crippen MR) is 103 cm³/mol. The average Bonchev–Trinajstić information content (AvgIpc) is 3.23. The predicted octanol–water partition coefficient (Wildman–Crippen LogP) is 2.42. The standard InChI is InChI=1S/C19H24ClN3O4/c1-21-17(24)9-13-4-5-14(23(13)2)10-22-19(25)16-7-11-6-12(20)8-15(26-3)18(11)27-16/h6-8,13-14H,4-5,9-10H2,1-3H3,(H,21,24)(H,22,25)/t13-,14+/m1/s1. The molecule has 2 heterocycles. The van der Waals surface area contributed by atoms with Gasteiger partial charge in [0.15, 0.2) is 17.1 Å². The number of benzene rings is 1. The van der Waals surface area contributed by atoms with Crippen LogP contribution in [0.2, 0.25) is 5.02 Å². The van der Waals surface area contributed by atoms with E-state index in [9.17, 15) is 9.59 Å². The molecule has 1 aliphatic heterocycles. The van der Waals surface area contributed by atoms with E-state index in [-0.39, 0.29) is 29.7 Å². The van der Waals surface area contributed by atoms with Crippen LogP contribution in [0.15, 0.2) is 22.6 Å². The normalized spacial score (nSPS) is 20.0. The Labute approximate surface area is 163 Å². The van der Waals surface area contributed by atoms with Gasteiger partial charge in [-0.15, -0.1) is 0 Å². The monoisotopic (exact) mass is 393 g/mol. The molecule has 0 radical (unpaired) electrons. The summed E-state index contributed by atoms with van der Waals surface area (Å²) < 4.78 is 10.9. The van der Waals surface area contributed by atoms with Crippen LogP contribution in [0.1, 0.15) is 29.8 Å². The molecule has 27 heavy (non-hydrogen) atoms. The van der Waals surface area contributed by atoms with Crippen LogP contribution in [0.5, 0.6) is 5.75 Å². The Balaban J connectivity index is 1.63. The molecule has 0 saturated carbocycles. The third kappa shape index (κ3) is 4.20. The summed E-state index contributed by atoms with van der Waals surface area (Å²) in [7, 11) is 5.16. The zero-order valence-corrected chi connectivity index (χ0v) is 16.4. The van der Waals surface area contributed by atoms with Crippen LogP contribution in [0, 0.1) is 0 Å². The molecule has 7 nitrogen and oxygen atoms in total. The molecule has 146 valence electrons. The summed E-state index contributed by atoms with van der Waals surface area (Å²) in [6, 6.07) is 5.43. The van der Waals surface area contributed by atoms with Crippen molar-refractivity contribution >= 4 is 34.4 Å². The summed E-state index contributed by atoms with van der Waals surface area (Å²) in [6.45, 7) is 0.495. The Hall–Kier alpha value is -2.25. The van der Waals surface area contributed by atoms with Gasteiger partial charge in [0.2, 0.25) is 5.91 Å². The fourth-order valence-corrected chi connectivity index (χ4v) is 3.76. The van der Waals surface area contributed by atoms with Gasteiger partial charge < -0.3 is 19.8 Å². The number of halogens is 1. The number of hydrogen-bond donors (Lipinski definition) is 2. The SMILES string of the molecule is CNC(=O)C[C@H]1CC[C@@H](CNC(=O)c2cc3cc(Cl)cc(OC)c3o2)N1C. The van der Waals surface area contributed by atoms with Crippen LogP contribution in [0.4, 0.5) is 0 Å². The van der Waals surface area contributed by atoms with Crippen molar-refractivity contribution in [3.8, 4) is 5.75 Å². The van der Waals surface area contributed by atoms with E-state index in [4.69, 9.17) is 20.8 Å². The summed E-state index contributed by atoms with van der Waals surface area (Å²) >= 11 is 6.06. The number of carbonyl (C=O) groups is 2. The molecule has 8 heteroatoms. The molecule has 0 unspecified atom stereocenters. The minimum Gasteiger partial charge on any atom is -0.493 e. The minimum absolute atomic E-state index is 0.0337. The molecule has 2 atom stereocenters. The van der Waals surface area contributed by atoms with E-state index < -0.39 is 0 Å². The van der Waals surface area contributed by atoms with Crippen molar-refractivity contribution in [3.63, 3.8) is 0 Å². The molecular formula is C19H24ClN3O4. The van der Waals surface area contributed by atoms with Crippen LogP contribution in [-0.2, 0) is 4.79 Å². The molecule has 1 aromatic carbocycles. The van der Waals surface area contributed by atoms with Crippen molar-refractivity contribution < 1.29 is 18.7 Å². The van der Waals surface area contributed by atoms with Crippen molar-refractivity contribution in [3.05, 3.63) is 29.0 Å². The van der Waals surface area contributed by atoms with Gasteiger partial charge in [-0.2, -0.15) is 0 Å². The second kappa shape index (κ2) is 8.19. The Morgan fingerprint density at radius 1 is 1.30 bits per heavy atom. The molecule has 2 aromatic rings. The van der Waals surface area contributed by atoms with E-state index in [1.165, 1.54) is 7.11 Å². The van der Waals surface area contributed by atoms with Crippen molar-refractivity contribution in [1.82, 2.24) is 15.5 Å². The Morgan fingerprint density at radius 2 is 2.04 bits per heavy atom. The maximum absolute atomic E-state index is 12.5. The number of amides is 2. The van der Waals surface area contributed by atoms with Gasteiger partial charge in [0.1, 0.15) is 0 Å². The molecule has 1 saturated heterocycles. The Kier molecular flexibility index (Phi) is 5.92. The van der Waals surface area contributed by atoms with Gasteiger partial charge in [0.25, 0.3) is 5.91 Å². The quantitative estimate of drug-likeness (QED) is 0.787. The minimum atomic E-state index is -0.285.